The summed E-state index contributed by atoms with van der Waals surface area (Å²) in [4.78, 5) is 22.9. The van der Waals surface area contributed by atoms with Crippen molar-refractivity contribution in [2.45, 2.75) is 118 Å². The van der Waals surface area contributed by atoms with Crippen molar-refractivity contribution in [2.24, 2.45) is 40.4 Å². The molecular weight excluding hydrogens is 462 g/mol. The molecule has 0 unspecified atom stereocenters. The molecule has 1 amide bonds. The number of allylic oxidation sites excluding steroid dienone is 2. The second-order valence-electron chi connectivity index (χ2n) is 14.0. The first-order chi connectivity index (χ1) is 17.4. The zero-order valence-electron chi connectivity index (χ0n) is 24.2. The minimum atomic E-state index is -0.146. The molecule has 3 fully saturated rings. The second kappa shape index (κ2) is 9.45. The molecule has 0 aromatic carbocycles. The lowest BCUT2D eigenvalue weighted by molar-refractivity contribution is -0.148. The number of esters is 1. The number of fused-ring (bicyclic) bond motifs is 7. The van der Waals surface area contributed by atoms with E-state index in [0.29, 0.717) is 23.2 Å². The zero-order valence-corrected chi connectivity index (χ0v) is 24.2. The molecule has 5 rings (SSSR count). The van der Waals surface area contributed by atoms with Crippen LogP contribution in [0.3, 0.4) is 0 Å². The smallest absolute Gasteiger partial charge is 0.302 e. The van der Waals surface area contributed by atoms with E-state index >= 15 is 0 Å². The highest BCUT2D eigenvalue weighted by molar-refractivity contribution is 5.72. The van der Waals surface area contributed by atoms with Crippen LogP contribution in [0.2, 0.25) is 0 Å². The summed E-state index contributed by atoms with van der Waals surface area (Å²) in [6.45, 7) is 15.9. The topological polar surface area (TPSA) is 64.6 Å². The fraction of sp³-hybridized carbons (Fsp3) is 0.812. The summed E-state index contributed by atoms with van der Waals surface area (Å²) in [5.41, 5.74) is 3.51. The van der Waals surface area contributed by atoms with Crippen LogP contribution < -0.4 is 5.32 Å². The first kappa shape index (κ1) is 26.8. The number of nitrogens with one attached hydrogen (secondary N) is 1. The number of hydrogen-bond acceptors (Lipinski definition) is 4. The average Bonchev–Trinajstić information content (AvgIpc) is 3.22. The van der Waals surface area contributed by atoms with Gasteiger partial charge in [-0.25, -0.2) is 0 Å². The van der Waals surface area contributed by atoms with E-state index in [9.17, 15) is 9.59 Å². The zero-order chi connectivity index (χ0) is 26.8. The van der Waals surface area contributed by atoms with E-state index < -0.39 is 0 Å². The Balaban J connectivity index is 1.32. The molecule has 1 heterocycles. The van der Waals surface area contributed by atoms with Gasteiger partial charge in [-0.05, 0) is 98.9 Å². The molecule has 4 aliphatic carbocycles. The summed E-state index contributed by atoms with van der Waals surface area (Å²) < 4.78 is 12.5. The van der Waals surface area contributed by atoms with E-state index in [0.717, 1.165) is 56.9 Å². The molecule has 206 valence electrons. The molecule has 5 nitrogen and oxygen atoms in total. The third kappa shape index (κ3) is 4.46. The summed E-state index contributed by atoms with van der Waals surface area (Å²) in [5.74, 6) is 4.22. The normalized spacial score (nSPS) is 43.0. The van der Waals surface area contributed by atoms with Crippen molar-refractivity contribution >= 4 is 11.9 Å². The molecule has 0 aromatic rings. The molecule has 5 heteroatoms. The van der Waals surface area contributed by atoms with Gasteiger partial charge in [-0.2, -0.15) is 0 Å². The van der Waals surface area contributed by atoms with Crippen LogP contribution in [0.15, 0.2) is 23.0 Å². The minimum absolute atomic E-state index is 0.0481. The maximum absolute atomic E-state index is 11.6. The van der Waals surface area contributed by atoms with Gasteiger partial charge in [0.1, 0.15) is 11.7 Å². The molecule has 3 saturated carbocycles. The van der Waals surface area contributed by atoms with Gasteiger partial charge in [0.05, 0.1) is 5.76 Å². The molecule has 1 N–H and O–H groups in total. The average molecular weight is 512 g/mol. The third-order valence-electron chi connectivity index (χ3n) is 11.5. The van der Waals surface area contributed by atoms with Crippen LogP contribution in [0.25, 0.3) is 0 Å². The van der Waals surface area contributed by atoms with Gasteiger partial charge in [0.25, 0.3) is 0 Å². The van der Waals surface area contributed by atoms with Crippen LogP contribution >= 0.6 is 0 Å². The molecule has 0 aromatic heterocycles. The summed E-state index contributed by atoms with van der Waals surface area (Å²) in [7, 11) is 0. The first-order valence-electron chi connectivity index (χ1n) is 14.9. The number of amides is 1. The molecule has 0 bridgehead atoms. The van der Waals surface area contributed by atoms with E-state index in [2.05, 4.69) is 46.0 Å². The summed E-state index contributed by atoms with van der Waals surface area (Å²) in [6, 6.07) is 0. The summed E-state index contributed by atoms with van der Waals surface area (Å²) in [5, 5.41) is 2.96. The van der Waals surface area contributed by atoms with Gasteiger partial charge < -0.3 is 14.8 Å². The van der Waals surface area contributed by atoms with Gasteiger partial charge in [-0.3, -0.25) is 9.59 Å². The van der Waals surface area contributed by atoms with Crippen molar-refractivity contribution < 1.29 is 19.1 Å². The maximum Gasteiger partial charge on any atom is 0.302 e. The first-order valence-corrected chi connectivity index (χ1v) is 14.9. The molecule has 5 aliphatic rings. The van der Waals surface area contributed by atoms with Crippen LogP contribution in [0, 0.1) is 40.4 Å². The van der Waals surface area contributed by atoms with Crippen LogP contribution in [0.1, 0.15) is 106 Å². The van der Waals surface area contributed by atoms with E-state index in [1.165, 1.54) is 37.5 Å². The molecule has 1 aliphatic heterocycles. The van der Waals surface area contributed by atoms with Crippen molar-refractivity contribution in [1.82, 2.24) is 5.32 Å². The Hall–Kier alpha value is -1.78. The van der Waals surface area contributed by atoms with E-state index in [4.69, 9.17) is 9.47 Å². The number of rotatable bonds is 6. The Labute approximate surface area is 224 Å². The van der Waals surface area contributed by atoms with Gasteiger partial charge in [-0.1, -0.05) is 32.4 Å². The lowest BCUT2D eigenvalue weighted by Gasteiger charge is -2.58. The Bertz CT molecular complexity index is 1010. The predicted molar refractivity (Wildman–Crippen MR) is 145 cm³/mol. The Morgan fingerprint density at radius 1 is 1.16 bits per heavy atom. The van der Waals surface area contributed by atoms with Gasteiger partial charge >= 0.3 is 5.97 Å². The fourth-order valence-corrected chi connectivity index (χ4v) is 9.93. The van der Waals surface area contributed by atoms with Crippen molar-refractivity contribution in [1.29, 1.82) is 0 Å². The molecular formula is C32H49NO4. The van der Waals surface area contributed by atoms with Crippen LogP contribution in [-0.2, 0) is 19.1 Å². The highest BCUT2D eigenvalue weighted by Crippen LogP contribution is 2.71. The Morgan fingerprint density at radius 3 is 2.62 bits per heavy atom. The number of carbonyl (C=O) groups excluding carboxylic acids is 2. The standard InChI is InChI=1S/C32H49NO4/c1-19(18-33-21(3)34)8-11-28-20(2)29-31(6)15-13-26-25(27(31)17-32(29,7)37-28)10-9-23-16-24(36-22(4)35)12-14-30(23,26)5/h9,19,24-27,29H,8,10-18H2,1-7H3,(H,33,34)/t19-,24+,25-,26+,27+,29-,30+,31+,32+/m1/s1. The van der Waals surface area contributed by atoms with E-state index in [1.807, 2.05) is 0 Å². The second-order valence-corrected chi connectivity index (χ2v) is 14.0. The largest absolute Gasteiger partial charge is 0.491 e. The summed E-state index contributed by atoms with van der Waals surface area (Å²) in [6.07, 6.45) is 12.6. The van der Waals surface area contributed by atoms with Crippen LogP contribution in [0.5, 0.6) is 0 Å². The Morgan fingerprint density at radius 2 is 1.92 bits per heavy atom. The highest BCUT2D eigenvalue weighted by atomic mass is 16.5. The minimum Gasteiger partial charge on any atom is -0.491 e. The van der Waals surface area contributed by atoms with Crippen molar-refractivity contribution in [3.05, 3.63) is 23.0 Å². The molecule has 9 atom stereocenters. The lowest BCUT2D eigenvalue weighted by atomic mass is 9.47. The van der Waals surface area contributed by atoms with Crippen molar-refractivity contribution in [2.75, 3.05) is 6.54 Å². The molecule has 37 heavy (non-hydrogen) atoms. The Kier molecular flexibility index (Phi) is 6.85. The fourth-order valence-electron chi connectivity index (χ4n) is 9.93. The SMILES string of the molecule is CC(=O)NC[C@H](C)CCC1=C(C)[C@@H]2[C@@]3(C)CC[C@H]4[C@@H](CC=C5C[C@@H](OC(C)=O)CC[C@@]54C)[C@@H]3C[C@]2(C)O1. The summed E-state index contributed by atoms with van der Waals surface area (Å²) >= 11 is 0. The molecule has 0 saturated heterocycles. The van der Waals surface area contributed by atoms with E-state index in [1.54, 1.807) is 12.5 Å². The highest BCUT2D eigenvalue weighted by Gasteiger charge is 2.67. The van der Waals surface area contributed by atoms with E-state index in [-0.39, 0.29) is 29.0 Å². The van der Waals surface area contributed by atoms with Crippen LogP contribution in [0.4, 0.5) is 0 Å². The number of carbonyl (C=O) groups is 2. The number of ether oxygens (including phenoxy) is 2. The van der Waals surface area contributed by atoms with Gasteiger partial charge in [0.2, 0.25) is 5.91 Å². The quantitative estimate of drug-likeness (QED) is 0.317. The van der Waals surface area contributed by atoms with Gasteiger partial charge in [0, 0.05) is 39.2 Å². The van der Waals surface area contributed by atoms with Crippen molar-refractivity contribution in [3.8, 4) is 0 Å². The van der Waals surface area contributed by atoms with Gasteiger partial charge in [-0.15, -0.1) is 0 Å². The molecule has 0 radical (unpaired) electrons. The number of hydrogen-bond donors (Lipinski definition) is 1. The lowest BCUT2D eigenvalue weighted by Crippen LogP contribution is -2.50. The van der Waals surface area contributed by atoms with Crippen LogP contribution in [-0.4, -0.2) is 30.1 Å². The maximum atomic E-state index is 11.6. The molecule has 0 spiro atoms. The van der Waals surface area contributed by atoms with Crippen molar-refractivity contribution in [3.63, 3.8) is 0 Å². The monoisotopic (exact) mass is 511 g/mol. The van der Waals surface area contributed by atoms with Gasteiger partial charge in [0.15, 0.2) is 0 Å². The third-order valence-corrected chi connectivity index (χ3v) is 11.5. The predicted octanol–water partition coefficient (Wildman–Crippen LogP) is 6.72.